The molecule has 7 heteroatoms. The zero-order chi connectivity index (χ0) is 13.5. The summed E-state index contributed by atoms with van der Waals surface area (Å²) in [6.45, 7) is 0.215. The summed E-state index contributed by atoms with van der Waals surface area (Å²) in [6.07, 6.45) is 3.18. The lowest BCUT2D eigenvalue weighted by Gasteiger charge is -2.09. The van der Waals surface area contributed by atoms with Gasteiger partial charge in [-0.2, -0.15) is 5.10 Å². The Morgan fingerprint density at radius 3 is 2.90 bits per heavy atom. The first kappa shape index (κ1) is 11.0. The molecule has 7 nitrogen and oxygen atoms in total. The number of rotatable bonds is 2. The van der Waals surface area contributed by atoms with Gasteiger partial charge in [0, 0.05) is 11.6 Å². The Labute approximate surface area is 113 Å². The molecule has 0 aliphatic carbocycles. The maximum absolute atomic E-state index is 5.42. The maximum Gasteiger partial charge on any atom is 0.231 e. The van der Waals surface area contributed by atoms with E-state index in [1.807, 2.05) is 6.07 Å². The Morgan fingerprint density at radius 2 is 2.05 bits per heavy atom. The van der Waals surface area contributed by atoms with E-state index in [2.05, 4.69) is 20.2 Å². The van der Waals surface area contributed by atoms with Crippen LogP contribution in [0.25, 0.3) is 22.3 Å². The van der Waals surface area contributed by atoms with Gasteiger partial charge in [0.15, 0.2) is 17.1 Å². The molecule has 0 amide bonds. The van der Waals surface area contributed by atoms with Crippen LogP contribution < -0.4 is 14.2 Å². The highest BCUT2D eigenvalue weighted by Crippen LogP contribution is 2.42. The molecule has 3 heterocycles. The third kappa shape index (κ3) is 1.49. The van der Waals surface area contributed by atoms with Crippen molar-refractivity contribution in [3.05, 3.63) is 24.7 Å². The summed E-state index contributed by atoms with van der Waals surface area (Å²) in [6, 6.07) is 3.65. The van der Waals surface area contributed by atoms with E-state index in [0.29, 0.717) is 22.9 Å². The van der Waals surface area contributed by atoms with Gasteiger partial charge in [0.05, 0.1) is 24.4 Å². The number of ether oxygens (including phenoxy) is 3. The van der Waals surface area contributed by atoms with E-state index < -0.39 is 0 Å². The second-order valence-corrected chi connectivity index (χ2v) is 4.26. The van der Waals surface area contributed by atoms with Crippen LogP contribution in [0.15, 0.2) is 24.7 Å². The predicted molar refractivity (Wildman–Crippen MR) is 69.8 cm³/mol. The summed E-state index contributed by atoms with van der Waals surface area (Å²) in [7, 11) is 1.61. The summed E-state index contributed by atoms with van der Waals surface area (Å²) in [5.74, 6) is 2.01. The molecule has 1 aliphatic heterocycles. The second-order valence-electron chi connectivity index (χ2n) is 4.26. The highest BCUT2D eigenvalue weighted by atomic mass is 16.7. The predicted octanol–water partition coefficient (Wildman–Crippen LogP) is 1.76. The van der Waals surface area contributed by atoms with Gasteiger partial charge in [-0.25, -0.2) is 9.97 Å². The fraction of sp³-hybridized carbons (Fsp3) is 0.154. The van der Waals surface area contributed by atoms with Crippen LogP contribution in [0.3, 0.4) is 0 Å². The van der Waals surface area contributed by atoms with Crippen molar-refractivity contribution in [3.63, 3.8) is 0 Å². The van der Waals surface area contributed by atoms with Gasteiger partial charge in [-0.1, -0.05) is 0 Å². The van der Waals surface area contributed by atoms with Crippen LogP contribution in [0.1, 0.15) is 0 Å². The monoisotopic (exact) mass is 270 g/mol. The summed E-state index contributed by atoms with van der Waals surface area (Å²) in [4.78, 5) is 8.47. The molecule has 1 N–H and O–H groups in total. The van der Waals surface area contributed by atoms with Crippen LogP contribution in [-0.2, 0) is 0 Å². The van der Waals surface area contributed by atoms with Crippen molar-refractivity contribution in [2.75, 3.05) is 13.9 Å². The molecule has 0 spiro atoms. The van der Waals surface area contributed by atoms with Gasteiger partial charge < -0.3 is 14.2 Å². The largest absolute Gasteiger partial charge is 0.496 e. The number of H-pyrrole nitrogens is 1. The van der Waals surface area contributed by atoms with Crippen LogP contribution in [0.2, 0.25) is 0 Å². The number of hydrogen-bond acceptors (Lipinski definition) is 6. The van der Waals surface area contributed by atoms with E-state index in [9.17, 15) is 0 Å². The molecule has 0 unspecified atom stereocenters. The van der Waals surface area contributed by atoms with Gasteiger partial charge in [0.1, 0.15) is 12.1 Å². The van der Waals surface area contributed by atoms with Gasteiger partial charge in [0.2, 0.25) is 6.79 Å². The van der Waals surface area contributed by atoms with E-state index >= 15 is 0 Å². The smallest absolute Gasteiger partial charge is 0.231 e. The molecule has 100 valence electrons. The van der Waals surface area contributed by atoms with Gasteiger partial charge in [-0.15, -0.1) is 0 Å². The quantitative estimate of drug-likeness (QED) is 0.764. The first-order chi connectivity index (χ1) is 9.86. The molecule has 2 aromatic heterocycles. The SMILES string of the molecule is COc1cc2c(cc1-c1ncnc3[nH]ncc13)OCO2. The maximum atomic E-state index is 5.42. The minimum Gasteiger partial charge on any atom is -0.496 e. The lowest BCUT2D eigenvalue weighted by Crippen LogP contribution is -1.93. The standard InChI is InChI=1S/C13H10N4O3/c1-18-9-3-11-10(19-6-20-11)2-7(9)12-8-4-16-17-13(8)15-5-14-12/h2-5H,6H2,1H3,(H,14,15,16,17). The van der Waals surface area contributed by atoms with Crippen molar-refractivity contribution in [2.24, 2.45) is 0 Å². The van der Waals surface area contributed by atoms with Crippen molar-refractivity contribution in [3.8, 4) is 28.5 Å². The fourth-order valence-electron chi connectivity index (χ4n) is 2.26. The van der Waals surface area contributed by atoms with Crippen molar-refractivity contribution in [2.45, 2.75) is 0 Å². The molecule has 3 aromatic rings. The van der Waals surface area contributed by atoms with E-state index in [-0.39, 0.29) is 6.79 Å². The average Bonchev–Trinajstić information content (AvgIpc) is 3.13. The molecule has 0 atom stereocenters. The molecule has 0 radical (unpaired) electrons. The van der Waals surface area contributed by atoms with Crippen molar-refractivity contribution in [1.29, 1.82) is 0 Å². The molecule has 0 bridgehead atoms. The summed E-state index contributed by atoms with van der Waals surface area (Å²) in [5, 5.41) is 7.64. The molecule has 20 heavy (non-hydrogen) atoms. The fourth-order valence-corrected chi connectivity index (χ4v) is 2.26. The summed E-state index contributed by atoms with van der Waals surface area (Å²) < 4.78 is 16.2. The number of methoxy groups -OCH3 is 1. The molecule has 0 saturated heterocycles. The minimum atomic E-state index is 0.215. The molecule has 1 aromatic carbocycles. The van der Waals surface area contributed by atoms with Gasteiger partial charge in [-0.05, 0) is 6.07 Å². The first-order valence-electron chi connectivity index (χ1n) is 5.99. The van der Waals surface area contributed by atoms with Crippen LogP contribution in [0.5, 0.6) is 17.2 Å². The van der Waals surface area contributed by atoms with Gasteiger partial charge in [-0.3, -0.25) is 5.10 Å². The van der Waals surface area contributed by atoms with Gasteiger partial charge in [0.25, 0.3) is 0 Å². The van der Waals surface area contributed by atoms with Crippen molar-refractivity contribution >= 4 is 11.0 Å². The average molecular weight is 270 g/mol. The van der Waals surface area contributed by atoms with Crippen LogP contribution in [0.4, 0.5) is 0 Å². The number of nitrogens with one attached hydrogen (secondary N) is 1. The lowest BCUT2D eigenvalue weighted by atomic mass is 10.1. The molecule has 4 rings (SSSR count). The molecular formula is C13H10N4O3. The third-order valence-electron chi connectivity index (χ3n) is 3.20. The van der Waals surface area contributed by atoms with E-state index in [1.165, 1.54) is 6.33 Å². The molecular weight excluding hydrogens is 260 g/mol. The van der Waals surface area contributed by atoms with E-state index in [1.54, 1.807) is 19.4 Å². The number of benzene rings is 1. The van der Waals surface area contributed by atoms with Crippen LogP contribution in [0, 0.1) is 0 Å². The van der Waals surface area contributed by atoms with E-state index in [4.69, 9.17) is 14.2 Å². The van der Waals surface area contributed by atoms with Crippen LogP contribution in [-0.4, -0.2) is 34.1 Å². The number of aromatic nitrogens is 4. The number of aromatic amines is 1. The van der Waals surface area contributed by atoms with Crippen molar-refractivity contribution < 1.29 is 14.2 Å². The number of fused-ring (bicyclic) bond motifs is 2. The third-order valence-corrected chi connectivity index (χ3v) is 3.20. The van der Waals surface area contributed by atoms with Crippen molar-refractivity contribution in [1.82, 2.24) is 20.2 Å². The minimum absolute atomic E-state index is 0.215. The Kier molecular flexibility index (Phi) is 2.26. The zero-order valence-electron chi connectivity index (χ0n) is 10.6. The number of hydrogen-bond donors (Lipinski definition) is 1. The topological polar surface area (TPSA) is 82.2 Å². The number of nitrogens with zero attached hydrogens (tertiary/aromatic N) is 3. The van der Waals surface area contributed by atoms with E-state index in [0.717, 1.165) is 16.6 Å². The Hall–Kier alpha value is -2.83. The lowest BCUT2D eigenvalue weighted by molar-refractivity contribution is 0.174. The van der Waals surface area contributed by atoms with Gasteiger partial charge >= 0.3 is 0 Å². The Bertz CT molecular complexity index is 799. The molecule has 1 aliphatic rings. The Balaban J connectivity index is 2.00. The van der Waals surface area contributed by atoms with Crippen LogP contribution >= 0.6 is 0 Å². The molecule has 0 fully saturated rings. The first-order valence-corrected chi connectivity index (χ1v) is 5.99. The highest BCUT2D eigenvalue weighted by molar-refractivity contribution is 5.92. The normalized spacial score (nSPS) is 12.8. The Morgan fingerprint density at radius 1 is 1.20 bits per heavy atom. The summed E-state index contributed by atoms with van der Waals surface area (Å²) >= 11 is 0. The molecule has 0 saturated carbocycles. The zero-order valence-corrected chi connectivity index (χ0v) is 10.6. The second kappa shape index (κ2) is 4.09. The highest BCUT2D eigenvalue weighted by Gasteiger charge is 2.20. The summed E-state index contributed by atoms with van der Waals surface area (Å²) in [5.41, 5.74) is 2.22.